The molecule has 234 valence electrons. The number of epoxide rings is 1. The Hall–Kier alpha value is -3.18. The number of morpholine rings is 1. The van der Waals surface area contributed by atoms with Crippen molar-refractivity contribution in [2.24, 2.45) is 11.7 Å². The van der Waals surface area contributed by atoms with Crippen molar-refractivity contribution in [3.05, 3.63) is 35.9 Å². The quantitative estimate of drug-likeness (QED) is 0.162. The van der Waals surface area contributed by atoms with Gasteiger partial charge in [-0.3, -0.25) is 24.1 Å². The smallest absolute Gasteiger partial charge is 0.345 e. The van der Waals surface area contributed by atoms with Gasteiger partial charge in [-0.25, -0.2) is 0 Å². The summed E-state index contributed by atoms with van der Waals surface area (Å²) < 4.78 is 71.8. The summed E-state index contributed by atoms with van der Waals surface area (Å²) in [6, 6.07) is 7.17. The summed E-state index contributed by atoms with van der Waals surface area (Å²) in [4.78, 5) is 54.5. The van der Waals surface area contributed by atoms with Gasteiger partial charge >= 0.3 is 13.2 Å². The zero-order chi connectivity index (χ0) is 30.9. The fourth-order valence-corrected chi connectivity index (χ4v) is 4.53. The highest BCUT2D eigenvalue weighted by molar-refractivity contribution is 6.00. The van der Waals surface area contributed by atoms with Gasteiger partial charge in [0.2, 0.25) is 17.7 Å². The molecule has 4 atom stereocenters. The van der Waals surface area contributed by atoms with E-state index in [4.69, 9.17) is 15.2 Å². The van der Waals surface area contributed by atoms with Crippen LogP contribution in [-0.4, -0.2) is 111 Å². The highest BCUT2D eigenvalue weighted by atomic mass is 19.3. The van der Waals surface area contributed by atoms with Crippen LogP contribution in [0.5, 0.6) is 0 Å². The van der Waals surface area contributed by atoms with Crippen molar-refractivity contribution in [2.75, 3.05) is 52.7 Å². The Kier molecular flexibility index (Phi) is 11.8. The molecule has 0 saturated carbocycles. The van der Waals surface area contributed by atoms with E-state index in [2.05, 4.69) is 20.1 Å². The molecule has 3 amide bonds. The van der Waals surface area contributed by atoms with Crippen LogP contribution in [-0.2, 0) is 44.5 Å². The molecule has 2 aliphatic rings. The maximum atomic E-state index is 13.7. The SMILES string of the molecule is C[C@]1(C(=O)[C@H](Cc2ccccc2)NC(=O)[C@H](COC(F)F)C(COC(F)F)(NC(=O)CN2CCOCC2)C(N)=O)CO1. The zero-order valence-corrected chi connectivity index (χ0v) is 22.9. The summed E-state index contributed by atoms with van der Waals surface area (Å²) in [6.45, 7) is -7.10. The number of ketones is 1. The van der Waals surface area contributed by atoms with Gasteiger partial charge in [0.05, 0.1) is 51.5 Å². The lowest BCUT2D eigenvalue weighted by atomic mass is 9.82. The molecule has 0 spiro atoms. The molecule has 2 aliphatic heterocycles. The van der Waals surface area contributed by atoms with Crippen LogP contribution in [0.1, 0.15) is 12.5 Å². The number of amides is 3. The molecule has 0 aromatic heterocycles. The molecule has 2 saturated heterocycles. The van der Waals surface area contributed by atoms with Crippen molar-refractivity contribution in [1.82, 2.24) is 15.5 Å². The van der Waals surface area contributed by atoms with Gasteiger partial charge in [-0.05, 0) is 18.9 Å². The van der Waals surface area contributed by atoms with Crippen LogP contribution in [0.3, 0.4) is 0 Å². The second kappa shape index (κ2) is 14.8. The Labute approximate surface area is 239 Å². The average Bonchev–Trinajstić information content (AvgIpc) is 3.69. The molecule has 2 fully saturated rings. The number of benzene rings is 1. The number of hydrogen-bond acceptors (Lipinski definition) is 9. The number of alkyl halides is 4. The van der Waals surface area contributed by atoms with Crippen molar-refractivity contribution in [1.29, 1.82) is 0 Å². The van der Waals surface area contributed by atoms with Gasteiger partial charge in [0.25, 0.3) is 0 Å². The Morgan fingerprint density at radius 1 is 1.07 bits per heavy atom. The van der Waals surface area contributed by atoms with E-state index in [-0.39, 0.29) is 19.6 Å². The minimum atomic E-state index is -3.49. The van der Waals surface area contributed by atoms with Gasteiger partial charge in [0.1, 0.15) is 5.60 Å². The average molecular weight is 607 g/mol. The molecule has 12 nitrogen and oxygen atoms in total. The van der Waals surface area contributed by atoms with Crippen LogP contribution >= 0.6 is 0 Å². The standard InChI is InChI=1S/C26H34F4N4O8/c1-25(14-42-25)20(36)18(11-16-5-3-2-4-6-16)32-21(37)17(13-40-23(27)28)26(22(31)38,15-41-24(29)30)33-19(35)12-34-7-9-39-10-8-34/h2-6,17-18,23-24H,7-15H2,1H3,(H2,31,38)(H,32,37)(H,33,35)/t17-,18-,25+,26?/m0/s1. The maximum absolute atomic E-state index is 13.7. The first kappa shape index (κ1) is 33.3. The molecule has 42 heavy (non-hydrogen) atoms. The number of hydrogen-bond donors (Lipinski definition) is 3. The summed E-state index contributed by atoms with van der Waals surface area (Å²) in [5, 5.41) is 4.60. The van der Waals surface area contributed by atoms with Gasteiger partial charge in [0.15, 0.2) is 11.3 Å². The van der Waals surface area contributed by atoms with E-state index in [1.807, 2.05) is 0 Å². The van der Waals surface area contributed by atoms with E-state index in [0.29, 0.717) is 31.9 Å². The predicted molar refractivity (Wildman–Crippen MR) is 136 cm³/mol. The van der Waals surface area contributed by atoms with E-state index in [1.165, 1.54) is 6.92 Å². The van der Waals surface area contributed by atoms with E-state index >= 15 is 0 Å². The van der Waals surface area contributed by atoms with Crippen LogP contribution in [0.2, 0.25) is 0 Å². The van der Waals surface area contributed by atoms with E-state index in [1.54, 1.807) is 35.2 Å². The number of Topliss-reactive ketones (excluding diaryl/α,β-unsaturated/α-hetero) is 1. The number of primary amides is 1. The first-order chi connectivity index (χ1) is 19.9. The topological polar surface area (TPSA) is 162 Å². The number of carbonyl (C=O) groups excluding carboxylic acids is 4. The van der Waals surface area contributed by atoms with Crippen molar-refractivity contribution in [2.45, 2.75) is 43.7 Å². The fraction of sp³-hybridized carbons (Fsp3) is 0.615. The highest BCUT2D eigenvalue weighted by Gasteiger charge is 2.53. The van der Waals surface area contributed by atoms with Crippen LogP contribution in [0.4, 0.5) is 17.6 Å². The minimum Gasteiger partial charge on any atom is -0.379 e. The highest BCUT2D eigenvalue weighted by Crippen LogP contribution is 2.30. The fourth-order valence-electron chi connectivity index (χ4n) is 4.53. The summed E-state index contributed by atoms with van der Waals surface area (Å²) in [7, 11) is 0. The monoisotopic (exact) mass is 606 g/mol. The van der Waals surface area contributed by atoms with E-state index in [9.17, 15) is 36.7 Å². The number of ether oxygens (including phenoxy) is 4. The third-order valence-corrected chi connectivity index (χ3v) is 7.02. The number of nitrogens with zero attached hydrogens (tertiary/aromatic N) is 1. The molecular weight excluding hydrogens is 572 g/mol. The molecule has 0 aliphatic carbocycles. The van der Waals surface area contributed by atoms with Gasteiger partial charge in [-0.1, -0.05) is 30.3 Å². The molecule has 1 aromatic carbocycles. The van der Waals surface area contributed by atoms with Gasteiger partial charge in [-0.15, -0.1) is 0 Å². The molecular formula is C26H34F4N4O8. The van der Waals surface area contributed by atoms with Crippen LogP contribution in [0, 0.1) is 5.92 Å². The second-order valence-corrected chi connectivity index (χ2v) is 10.1. The second-order valence-electron chi connectivity index (χ2n) is 10.1. The molecule has 3 rings (SSSR count). The largest absolute Gasteiger partial charge is 0.379 e. The normalized spacial score (nSPS) is 21.8. The maximum Gasteiger partial charge on any atom is 0.345 e. The van der Waals surface area contributed by atoms with Crippen LogP contribution < -0.4 is 16.4 Å². The van der Waals surface area contributed by atoms with E-state index < -0.39 is 73.0 Å². The molecule has 1 aromatic rings. The predicted octanol–water partition coefficient (Wildman–Crippen LogP) is -0.161. The van der Waals surface area contributed by atoms with Gasteiger partial charge < -0.3 is 35.3 Å². The summed E-state index contributed by atoms with van der Waals surface area (Å²) in [5.41, 5.74) is 2.16. The summed E-state index contributed by atoms with van der Waals surface area (Å²) in [6.07, 6.45) is -0.0622. The Bertz CT molecular complexity index is 1090. The first-order valence-electron chi connectivity index (χ1n) is 13.1. The molecule has 0 radical (unpaired) electrons. The van der Waals surface area contributed by atoms with Crippen molar-refractivity contribution < 1.29 is 55.7 Å². The van der Waals surface area contributed by atoms with Crippen molar-refractivity contribution in [3.8, 4) is 0 Å². The van der Waals surface area contributed by atoms with Crippen LogP contribution in [0.15, 0.2) is 30.3 Å². The summed E-state index contributed by atoms with van der Waals surface area (Å²) in [5.74, 6) is -6.40. The number of carbonyl (C=O) groups is 4. The molecule has 1 unspecified atom stereocenters. The molecule has 2 heterocycles. The number of rotatable bonds is 17. The molecule has 16 heteroatoms. The Morgan fingerprint density at radius 2 is 1.69 bits per heavy atom. The third-order valence-electron chi connectivity index (χ3n) is 7.02. The van der Waals surface area contributed by atoms with Gasteiger partial charge in [-0.2, -0.15) is 17.6 Å². The van der Waals surface area contributed by atoms with Crippen molar-refractivity contribution in [3.63, 3.8) is 0 Å². The van der Waals surface area contributed by atoms with Crippen molar-refractivity contribution >= 4 is 23.5 Å². The number of nitrogens with one attached hydrogen (secondary N) is 2. The number of nitrogens with two attached hydrogens (primary N) is 1. The molecule has 4 N–H and O–H groups in total. The lowest BCUT2D eigenvalue weighted by molar-refractivity contribution is -0.179. The van der Waals surface area contributed by atoms with Crippen LogP contribution in [0.25, 0.3) is 0 Å². The Balaban J connectivity index is 1.95. The summed E-state index contributed by atoms with van der Waals surface area (Å²) >= 11 is 0. The Morgan fingerprint density at radius 3 is 2.24 bits per heavy atom. The minimum absolute atomic E-state index is 0.0622. The zero-order valence-electron chi connectivity index (χ0n) is 22.9. The number of halogens is 4. The third kappa shape index (κ3) is 9.16. The first-order valence-corrected chi connectivity index (χ1v) is 13.1. The van der Waals surface area contributed by atoms with E-state index in [0.717, 1.165) is 0 Å². The lowest BCUT2D eigenvalue weighted by Gasteiger charge is -2.38. The molecule has 0 bridgehead atoms. The lowest BCUT2D eigenvalue weighted by Crippen LogP contribution is -2.70. The van der Waals surface area contributed by atoms with Gasteiger partial charge in [0, 0.05) is 13.1 Å².